The Hall–Kier alpha value is -0.930. The molecule has 0 saturated carbocycles. The SMILES string of the molecule is CN1CCC(O)(c2cccc(F)c2)C1. The maximum atomic E-state index is 13.0. The highest BCUT2D eigenvalue weighted by molar-refractivity contribution is 5.24. The molecule has 0 radical (unpaired) electrons. The third-order valence-electron chi connectivity index (χ3n) is 2.80. The van der Waals surface area contributed by atoms with Gasteiger partial charge in [0.25, 0.3) is 0 Å². The standard InChI is InChI=1S/C11H14FNO/c1-13-6-5-11(14,8-13)9-3-2-4-10(12)7-9/h2-4,7,14H,5-6,8H2,1H3. The summed E-state index contributed by atoms with van der Waals surface area (Å²) in [5, 5.41) is 10.2. The number of hydrogen-bond donors (Lipinski definition) is 1. The highest BCUT2D eigenvalue weighted by atomic mass is 19.1. The Labute approximate surface area is 83.0 Å². The molecular weight excluding hydrogens is 181 g/mol. The molecule has 76 valence electrons. The van der Waals surface area contributed by atoms with E-state index in [0.717, 1.165) is 6.54 Å². The van der Waals surface area contributed by atoms with Gasteiger partial charge in [-0.15, -0.1) is 0 Å². The Kier molecular flexibility index (Phi) is 2.29. The summed E-state index contributed by atoms with van der Waals surface area (Å²) in [6, 6.07) is 6.23. The highest BCUT2D eigenvalue weighted by Crippen LogP contribution is 2.31. The maximum Gasteiger partial charge on any atom is 0.123 e. The van der Waals surface area contributed by atoms with Crippen LogP contribution in [0.1, 0.15) is 12.0 Å². The fraction of sp³-hybridized carbons (Fsp3) is 0.455. The summed E-state index contributed by atoms with van der Waals surface area (Å²) in [6.45, 7) is 1.43. The van der Waals surface area contributed by atoms with E-state index in [-0.39, 0.29) is 5.82 Å². The second-order valence-corrected chi connectivity index (χ2v) is 4.03. The van der Waals surface area contributed by atoms with Crippen LogP contribution < -0.4 is 0 Å². The van der Waals surface area contributed by atoms with Crippen LogP contribution in [0.4, 0.5) is 4.39 Å². The van der Waals surface area contributed by atoms with Crippen molar-refractivity contribution in [2.45, 2.75) is 12.0 Å². The van der Waals surface area contributed by atoms with Gasteiger partial charge in [0, 0.05) is 13.1 Å². The molecule has 0 bridgehead atoms. The molecule has 0 aromatic heterocycles. The van der Waals surface area contributed by atoms with Crippen molar-refractivity contribution in [3.8, 4) is 0 Å². The minimum absolute atomic E-state index is 0.287. The van der Waals surface area contributed by atoms with Gasteiger partial charge in [0.05, 0.1) is 0 Å². The molecular formula is C11H14FNO. The molecule has 14 heavy (non-hydrogen) atoms. The number of nitrogens with zero attached hydrogens (tertiary/aromatic N) is 1. The Morgan fingerprint density at radius 2 is 2.29 bits per heavy atom. The normalized spacial score (nSPS) is 28.2. The van der Waals surface area contributed by atoms with Gasteiger partial charge in [-0.3, -0.25) is 0 Å². The minimum atomic E-state index is -0.864. The van der Waals surface area contributed by atoms with Crippen molar-refractivity contribution in [3.05, 3.63) is 35.6 Å². The average molecular weight is 195 g/mol. The Morgan fingerprint density at radius 3 is 2.86 bits per heavy atom. The van der Waals surface area contributed by atoms with Crippen molar-refractivity contribution < 1.29 is 9.50 Å². The van der Waals surface area contributed by atoms with Gasteiger partial charge in [0.15, 0.2) is 0 Å². The Bertz CT molecular complexity index is 342. The second-order valence-electron chi connectivity index (χ2n) is 4.03. The van der Waals surface area contributed by atoms with Crippen LogP contribution in [0.25, 0.3) is 0 Å². The zero-order valence-corrected chi connectivity index (χ0v) is 8.20. The van der Waals surface area contributed by atoms with Crippen molar-refractivity contribution in [2.24, 2.45) is 0 Å². The fourth-order valence-corrected chi connectivity index (χ4v) is 1.99. The predicted octanol–water partition coefficient (Wildman–Crippen LogP) is 1.35. The summed E-state index contributed by atoms with van der Waals surface area (Å²) in [5.74, 6) is -0.287. The van der Waals surface area contributed by atoms with Crippen LogP contribution in [0, 0.1) is 5.82 Å². The summed E-state index contributed by atoms with van der Waals surface area (Å²) >= 11 is 0. The Balaban J connectivity index is 2.30. The lowest BCUT2D eigenvalue weighted by Crippen LogP contribution is -2.29. The summed E-state index contributed by atoms with van der Waals surface area (Å²) in [4.78, 5) is 2.05. The molecule has 0 aliphatic carbocycles. The highest BCUT2D eigenvalue weighted by Gasteiger charge is 2.36. The lowest BCUT2D eigenvalue weighted by molar-refractivity contribution is 0.0486. The van der Waals surface area contributed by atoms with E-state index in [2.05, 4.69) is 0 Å². The molecule has 1 aromatic rings. The van der Waals surface area contributed by atoms with Crippen molar-refractivity contribution in [2.75, 3.05) is 20.1 Å². The number of β-amino-alcohol motifs (C(OH)–C–C–N with tert-alkyl or cyclic N) is 1. The van der Waals surface area contributed by atoms with Crippen molar-refractivity contribution >= 4 is 0 Å². The first-order valence-electron chi connectivity index (χ1n) is 4.77. The first kappa shape index (κ1) is 9.62. The largest absolute Gasteiger partial charge is 0.384 e. The lowest BCUT2D eigenvalue weighted by Gasteiger charge is -2.22. The molecule has 2 nitrogen and oxygen atoms in total. The van der Waals surface area contributed by atoms with E-state index in [1.54, 1.807) is 12.1 Å². The fourth-order valence-electron chi connectivity index (χ4n) is 1.99. The third kappa shape index (κ3) is 1.65. The molecule has 0 spiro atoms. The van der Waals surface area contributed by atoms with Crippen LogP contribution in [-0.2, 0) is 5.60 Å². The minimum Gasteiger partial charge on any atom is -0.384 e. The number of halogens is 1. The molecule has 1 aliphatic rings. The maximum absolute atomic E-state index is 13.0. The van der Waals surface area contributed by atoms with Gasteiger partial charge in [-0.1, -0.05) is 12.1 Å². The van der Waals surface area contributed by atoms with E-state index in [0.29, 0.717) is 18.5 Å². The van der Waals surface area contributed by atoms with Gasteiger partial charge in [-0.25, -0.2) is 4.39 Å². The van der Waals surface area contributed by atoms with Crippen LogP contribution in [0.3, 0.4) is 0 Å². The van der Waals surface area contributed by atoms with E-state index >= 15 is 0 Å². The quantitative estimate of drug-likeness (QED) is 0.731. The van der Waals surface area contributed by atoms with Crippen LogP contribution in [0.5, 0.6) is 0 Å². The predicted molar refractivity (Wildman–Crippen MR) is 52.4 cm³/mol. The van der Waals surface area contributed by atoms with E-state index in [4.69, 9.17) is 0 Å². The molecule has 1 fully saturated rings. The summed E-state index contributed by atoms with van der Waals surface area (Å²) in [5.41, 5.74) is -0.182. The molecule has 1 unspecified atom stereocenters. The average Bonchev–Trinajstić information content (AvgIpc) is 2.48. The summed E-state index contributed by atoms with van der Waals surface area (Å²) < 4.78 is 13.0. The summed E-state index contributed by atoms with van der Waals surface area (Å²) in [7, 11) is 1.96. The number of aliphatic hydroxyl groups is 1. The van der Waals surface area contributed by atoms with Crippen LogP contribution in [0.15, 0.2) is 24.3 Å². The van der Waals surface area contributed by atoms with E-state index in [1.807, 2.05) is 11.9 Å². The molecule has 1 aliphatic heterocycles. The van der Waals surface area contributed by atoms with Crippen molar-refractivity contribution in [1.29, 1.82) is 0 Å². The van der Waals surface area contributed by atoms with Crippen LogP contribution in [0.2, 0.25) is 0 Å². The van der Waals surface area contributed by atoms with Gasteiger partial charge < -0.3 is 10.0 Å². The topological polar surface area (TPSA) is 23.5 Å². The van der Waals surface area contributed by atoms with Crippen molar-refractivity contribution in [1.82, 2.24) is 4.90 Å². The summed E-state index contributed by atoms with van der Waals surface area (Å²) in [6.07, 6.45) is 0.674. The molecule has 3 heteroatoms. The van der Waals surface area contributed by atoms with E-state index in [1.165, 1.54) is 12.1 Å². The van der Waals surface area contributed by atoms with Crippen LogP contribution >= 0.6 is 0 Å². The second kappa shape index (κ2) is 3.33. The smallest absolute Gasteiger partial charge is 0.123 e. The molecule has 1 atom stereocenters. The first-order chi connectivity index (χ1) is 6.60. The number of likely N-dealkylation sites (tertiary alicyclic amines) is 1. The number of hydrogen-bond acceptors (Lipinski definition) is 2. The molecule has 2 rings (SSSR count). The van der Waals surface area contributed by atoms with E-state index in [9.17, 15) is 9.50 Å². The van der Waals surface area contributed by atoms with Crippen LogP contribution in [-0.4, -0.2) is 30.1 Å². The molecule has 1 heterocycles. The molecule has 0 amide bonds. The number of rotatable bonds is 1. The first-order valence-corrected chi connectivity index (χ1v) is 4.77. The molecule has 1 aromatic carbocycles. The lowest BCUT2D eigenvalue weighted by atomic mass is 9.93. The molecule has 1 saturated heterocycles. The van der Waals surface area contributed by atoms with Gasteiger partial charge in [0.2, 0.25) is 0 Å². The van der Waals surface area contributed by atoms with E-state index < -0.39 is 5.60 Å². The Morgan fingerprint density at radius 1 is 1.50 bits per heavy atom. The van der Waals surface area contributed by atoms with Gasteiger partial charge in [-0.2, -0.15) is 0 Å². The van der Waals surface area contributed by atoms with Gasteiger partial charge in [0.1, 0.15) is 11.4 Å². The number of likely N-dealkylation sites (N-methyl/N-ethyl adjacent to an activating group) is 1. The third-order valence-corrected chi connectivity index (χ3v) is 2.80. The number of benzene rings is 1. The van der Waals surface area contributed by atoms with Gasteiger partial charge >= 0.3 is 0 Å². The van der Waals surface area contributed by atoms with Gasteiger partial charge in [-0.05, 0) is 31.2 Å². The zero-order chi connectivity index (χ0) is 10.2. The molecule has 1 N–H and O–H groups in total. The van der Waals surface area contributed by atoms with Crippen molar-refractivity contribution in [3.63, 3.8) is 0 Å². The zero-order valence-electron chi connectivity index (χ0n) is 8.20. The monoisotopic (exact) mass is 195 g/mol.